The van der Waals surface area contributed by atoms with Crippen molar-refractivity contribution in [2.45, 2.75) is 64.8 Å². The third-order valence-electron chi connectivity index (χ3n) is 5.59. The minimum Gasteiger partial charge on any atom is -0.381 e. The monoisotopic (exact) mass is 416 g/mol. The van der Waals surface area contributed by atoms with Crippen molar-refractivity contribution in [3.8, 4) is 0 Å². The van der Waals surface area contributed by atoms with Crippen LogP contribution in [0, 0.1) is 0 Å². The summed E-state index contributed by atoms with van der Waals surface area (Å²) in [5.41, 5.74) is 2.34. The van der Waals surface area contributed by atoms with E-state index in [0.29, 0.717) is 25.7 Å². The molecule has 2 aliphatic rings. The smallest absolute Gasteiger partial charge is 0.222 e. The fourth-order valence-electron chi connectivity index (χ4n) is 3.89. The van der Waals surface area contributed by atoms with Crippen molar-refractivity contribution in [3.05, 3.63) is 35.4 Å². The molecule has 0 bridgehead atoms. The van der Waals surface area contributed by atoms with Gasteiger partial charge in [0.2, 0.25) is 5.91 Å². The van der Waals surface area contributed by atoms with Gasteiger partial charge in [0.15, 0.2) is 5.96 Å². The molecule has 2 heterocycles. The van der Waals surface area contributed by atoms with Crippen molar-refractivity contribution < 1.29 is 14.3 Å². The summed E-state index contributed by atoms with van der Waals surface area (Å²) in [5.74, 6) is 1.03. The van der Waals surface area contributed by atoms with Crippen molar-refractivity contribution in [1.29, 1.82) is 0 Å². The summed E-state index contributed by atoms with van der Waals surface area (Å²) in [6, 6.07) is 8.69. The maximum Gasteiger partial charge on any atom is 0.222 e. The molecular weight excluding hydrogens is 380 g/mol. The molecule has 0 saturated carbocycles. The first-order valence-electron chi connectivity index (χ1n) is 11.3. The average Bonchev–Trinajstić information content (AvgIpc) is 3.25. The Morgan fingerprint density at radius 3 is 2.80 bits per heavy atom. The van der Waals surface area contributed by atoms with Crippen molar-refractivity contribution in [1.82, 2.24) is 15.5 Å². The van der Waals surface area contributed by atoms with E-state index >= 15 is 0 Å². The van der Waals surface area contributed by atoms with Gasteiger partial charge < -0.3 is 25.0 Å². The Kier molecular flexibility index (Phi) is 8.96. The molecule has 0 aromatic heterocycles. The third-order valence-corrected chi connectivity index (χ3v) is 5.59. The number of carbonyl (C=O) groups is 1. The normalized spacial score (nSPS) is 20.4. The minimum absolute atomic E-state index is 0.223. The lowest BCUT2D eigenvalue weighted by atomic mass is 10.1. The molecular formula is C23H36N4O3. The molecule has 166 valence electrons. The number of carbonyl (C=O) groups excluding carboxylic acids is 1. The lowest BCUT2D eigenvalue weighted by Crippen LogP contribution is -2.45. The number of nitrogens with one attached hydrogen (secondary N) is 2. The second-order valence-corrected chi connectivity index (χ2v) is 7.96. The van der Waals surface area contributed by atoms with Crippen molar-refractivity contribution >= 4 is 11.9 Å². The van der Waals surface area contributed by atoms with Gasteiger partial charge in [-0.2, -0.15) is 0 Å². The number of aliphatic imine (C=N–C) groups is 1. The summed E-state index contributed by atoms with van der Waals surface area (Å²) in [5, 5.41) is 6.81. The molecule has 1 amide bonds. The zero-order valence-corrected chi connectivity index (χ0v) is 18.4. The van der Waals surface area contributed by atoms with E-state index in [4.69, 9.17) is 14.5 Å². The van der Waals surface area contributed by atoms with Gasteiger partial charge in [0.05, 0.1) is 19.3 Å². The van der Waals surface area contributed by atoms with Crippen LogP contribution < -0.4 is 10.6 Å². The van der Waals surface area contributed by atoms with Crippen LogP contribution in [-0.2, 0) is 27.4 Å². The van der Waals surface area contributed by atoms with Crippen LogP contribution >= 0.6 is 0 Å². The average molecular weight is 417 g/mol. The number of guanidine groups is 1. The molecule has 0 spiro atoms. The molecule has 3 rings (SSSR count). The Balaban J connectivity index is 1.52. The van der Waals surface area contributed by atoms with Gasteiger partial charge in [0.25, 0.3) is 0 Å². The molecule has 2 aliphatic heterocycles. The molecule has 30 heavy (non-hydrogen) atoms. The highest BCUT2D eigenvalue weighted by Crippen LogP contribution is 2.15. The van der Waals surface area contributed by atoms with Crippen LogP contribution in [0.5, 0.6) is 0 Å². The van der Waals surface area contributed by atoms with Gasteiger partial charge in [0, 0.05) is 45.3 Å². The van der Waals surface area contributed by atoms with Crippen LogP contribution in [0.2, 0.25) is 0 Å². The van der Waals surface area contributed by atoms with Crippen LogP contribution in [0.4, 0.5) is 0 Å². The number of benzene rings is 1. The fraction of sp³-hybridized carbons (Fsp3) is 0.652. The van der Waals surface area contributed by atoms with Crippen LogP contribution in [-0.4, -0.2) is 61.8 Å². The third kappa shape index (κ3) is 6.99. The number of hydrogen-bond acceptors (Lipinski definition) is 4. The molecule has 7 nitrogen and oxygen atoms in total. The van der Waals surface area contributed by atoms with Gasteiger partial charge in [-0.25, -0.2) is 4.99 Å². The van der Waals surface area contributed by atoms with Gasteiger partial charge in [-0.15, -0.1) is 0 Å². The second-order valence-electron chi connectivity index (χ2n) is 7.96. The summed E-state index contributed by atoms with van der Waals surface area (Å²) in [6.45, 7) is 9.17. The Bertz CT molecular complexity index is 703. The number of likely N-dealkylation sites (tertiary alicyclic amines) is 1. The quantitative estimate of drug-likeness (QED) is 0.503. The van der Waals surface area contributed by atoms with Crippen LogP contribution in [0.15, 0.2) is 29.3 Å². The van der Waals surface area contributed by atoms with E-state index in [-0.39, 0.29) is 11.9 Å². The van der Waals surface area contributed by atoms with Crippen molar-refractivity contribution in [3.63, 3.8) is 0 Å². The van der Waals surface area contributed by atoms with E-state index in [0.717, 1.165) is 63.6 Å². The summed E-state index contributed by atoms with van der Waals surface area (Å²) < 4.78 is 11.4. The predicted molar refractivity (Wildman–Crippen MR) is 118 cm³/mol. The zero-order chi connectivity index (χ0) is 21.2. The Labute approximate surface area is 180 Å². The Morgan fingerprint density at radius 1 is 1.23 bits per heavy atom. The van der Waals surface area contributed by atoms with E-state index < -0.39 is 0 Å². The molecule has 2 N–H and O–H groups in total. The molecule has 1 atom stereocenters. The van der Waals surface area contributed by atoms with Gasteiger partial charge in [-0.05, 0) is 37.3 Å². The number of amides is 1. The van der Waals surface area contributed by atoms with Crippen molar-refractivity contribution in [2.24, 2.45) is 4.99 Å². The summed E-state index contributed by atoms with van der Waals surface area (Å²) in [4.78, 5) is 18.6. The van der Waals surface area contributed by atoms with E-state index in [1.807, 2.05) is 11.8 Å². The lowest BCUT2D eigenvalue weighted by Gasteiger charge is -2.22. The number of ether oxygens (including phenoxy) is 2. The largest absolute Gasteiger partial charge is 0.381 e. The molecule has 2 saturated heterocycles. The predicted octanol–water partition coefficient (Wildman–Crippen LogP) is 2.45. The molecule has 0 aliphatic carbocycles. The highest BCUT2D eigenvalue weighted by Gasteiger charge is 2.25. The van der Waals surface area contributed by atoms with Crippen LogP contribution in [0.3, 0.4) is 0 Å². The van der Waals surface area contributed by atoms with Gasteiger partial charge in [0.1, 0.15) is 0 Å². The minimum atomic E-state index is 0.223. The molecule has 1 aromatic carbocycles. The number of hydrogen-bond donors (Lipinski definition) is 2. The maximum absolute atomic E-state index is 11.9. The van der Waals surface area contributed by atoms with Crippen LogP contribution in [0.1, 0.15) is 50.7 Å². The van der Waals surface area contributed by atoms with Gasteiger partial charge in [-0.1, -0.05) is 31.2 Å². The first-order valence-corrected chi connectivity index (χ1v) is 11.3. The van der Waals surface area contributed by atoms with Crippen LogP contribution in [0.25, 0.3) is 0 Å². The lowest BCUT2D eigenvalue weighted by molar-refractivity contribution is -0.129. The van der Waals surface area contributed by atoms with Gasteiger partial charge in [-0.3, -0.25) is 4.79 Å². The van der Waals surface area contributed by atoms with E-state index in [2.05, 4.69) is 41.8 Å². The summed E-state index contributed by atoms with van der Waals surface area (Å²) in [7, 11) is 0. The molecule has 7 heteroatoms. The second kappa shape index (κ2) is 11.9. The molecule has 2 fully saturated rings. The topological polar surface area (TPSA) is 75.2 Å². The summed E-state index contributed by atoms with van der Waals surface area (Å²) in [6.07, 6.45) is 3.77. The summed E-state index contributed by atoms with van der Waals surface area (Å²) >= 11 is 0. The highest BCUT2D eigenvalue weighted by atomic mass is 16.5. The standard InChI is InChI=1S/C23H36N4O3/c1-3-22(28)27-11-8-20(16-27)26-23(24-4-2)25-15-18-6-5-7-19(14-18)17-30-21-9-12-29-13-10-21/h5-7,14,20-21H,3-4,8-13,15-17H2,1-2H3,(H2,24,25,26). The number of rotatable bonds is 8. The van der Waals surface area contributed by atoms with E-state index in [9.17, 15) is 4.79 Å². The first kappa shape index (κ1) is 22.6. The Hall–Kier alpha value is -2.12. The molecule has 1 unspecified atom stereocenters. The zero-order valence-electron chi connectivity index (χ0n) is 18.4. The molecule has 0 radical (unpaired) electrons. The van der Waals surface area contributed by atoms with E-state index in [1.54, 1.807) is 0 Å². The Morgan fingerprint density at radius 2 is 2.03 bits per heavy atom. The number of nitrogens with zero attached hydrogens (tertiary/aromatic N) is 2. The van der Waals surface area contributed by atoms with Gasteiger partial charge >= 0.3 is 0 Å². The van der Waals surface area contributed by atoms with E-state index in [1.165, 1.54) is 5.56 Å². The highest BCUT2D eigenvalue weighted by molar-refractivity contribution is 5.80. The SMILES string of the molecule is CCNC(=NCc1cccc(COC2CCOCC2)c1)NC1CCN(C(=O)CC)C1. The molecule has 1 aromatic rings. The first-order chi connectivity index (χ1) is 14.7. The van der Waals surface area contributed by atoms with Crippen molar-refractivity contribution in [2.75, 3.05) is 32.8 Å². The maximum atomic E-state index is 11.9. The fourth-order valence-corrected chi connectivity index (χ4v) is 3.89.